The molecule has 2 heteroatoms. The molecule has 0 fully saturated rings. The van der Waals surface area contributed by atoms with Gasteiger partial charge in [-0.15, -0.1) is 0 Å². The maximum Gasteiger partial charge on any atom is 0.0516 e. The van der Waals surface area contributed by atoms with E-state index >= 15 is 0 Å². The highest BCUT2D eigenvalue weighted by molar-refractivity contribution is 5.85. The largest absolute Gasteiger partial charge is 0.347 e. The van der Waals surface area contributed by atoms with Crippen LogP contribution >= 0.6 is 0 Å². The molecule has 0 unspecified atom stereocenters. The molecule has 0 spiro atoms. The Morgan fingerprint density at radius 2 is 2.15 bits per heavy atom. The summed E-state index contributed by atoms with van der Waals surface area (Å²) < 4.78 is 2.26. The number of rotatable bonds is 1. The highest BCUT2D eigenvalue weighted by Gasteiger charge is 2.06. The Bertz CT molecular complexity index is 441. The van der Waals surface area contributed by atoms with Gasteiger partial charge in [0, 0.05) is 30.0 Å². The lowest BCUT2D eigenvalue weighted by Crippen LogP contribution is -1.91. The van der Waals surface area contributed by atoms with E-state index in [0.29, 0.717) is 0 Å². The molecule has 0 radical (unpaired) electrons. The Hall–Kier alpha value is -1.31. The molecule has 0 aliphatic rings. The first kappa shape index (κ1) is 8.30. The van der Waals surface area contributed by atoms with E-state index in [2.05, 4.69) is 42.6 Å². The molecule has 2 rings (SSSR count). The Morgan fingerprint density at radius 1 is 1.38 bits per heavy atom. The molecular formula is C11H14N2. The van der Waals surface area contributed by atoms with Crippen LogP contribution in [0.2, 0.25) is 0 Å². The van der Waals surface area contributed by atoms with Gasteiger partial charge in [0.1, 0.15) is 0 Å². The summed E-state index contributed by atoms with van der Waals surface area (Å²) in [5, 5.41) is 1.31. The molecule has 0 aromatic carbocycles. The van der Waals surface area contributed by atoms with Gasteiger partial charge in [-0.05, 0) is 32.4 Å². The third kappa shape index (κ3) is 1.13. The van der Waals surface area contributed by atoms with E-state index in [-0.39, 0.29) is 0 Å². The molecule has 0 N–H and O–H groups in total. The van der Waals surface area contributed by atoms with E-state index in [0.717, 1.165) is 12.2 Å². The van der Waals surface area contributed by atoms with Gasteiger partial charge in [-0.2, -0.15) is 0 Å². The summed E-state index contributed by atoms with van der Waals surface area (Å²) in [7, 11) is 0. The van der Waals surface area contributed by atoms with Crippen molar-refractivity contribution < 1.29 is 0 Å². The van der Waals surface area contributed by atoms with Gasteiger partial charge in [-0.1, -0.05) is 0 Å². The third-order valence-corrected chi connectivity index (χ3v) is 2.51. The average molecular weight is 174 g/mol. The predicted molar refractivity (Wildman–Crippen MR) is 54.9 cm³/mol. The highest BCUT2D eigenvalue weighted by Crippen LogP contribution is 2.22. The van der Waals surface area contributed by atoms with Crippen LogP contribution in [0.3, 0.4) is 0 Å². The quantitative estimate of drug-likeness (QED) is 0.650. The monoisotopic (exact) mass is 174 g/mol. The van der Waals surface area contributed by atoms with E-state index in [1.807, 2.05) is 6.20 Å². The van der Waals surface area contributed by atoms with Crippen molar-refractivity contribution in [1.29, 1.82) is 0 Å². The smallest absolute Gasteiger partial charge is 0.0516 e. The van der Waals surface area contributed by atoms with E-state index in [9.17, 15) is 0 Å². The Morgan fingerprint density at radius 3 is 2.85 bits per heavy atom. The molecule has 0 saturated carbocycles. The molecule has 0 aliphatic carbocycles. The van der Waals surface area contributed by atoms with Gasteiger partial charge >= 0.3 is 0 Å². The normalized spacial score (nSPS) is 11.0. The lowest BCUT2D eigenvalue weighted by atomic mass is 10.2. The zero-order chi connectivity index (χ0) is 9.42. The number of fused-ring (bicyclic) bond motifs is 1. The third-order valence-electron chi connectivity index (χ3n) is 2.51. The Kier molecular flexibility index (Phi) is 1.83. The molecule has 0 bridgehead atoms. The van der Waals surface area contributed by atoms with Gasteiger partial charge in [0.2, 0.25) is 0 Å². The molecular weight excluding hydrogens is 160 g/mol. The van der Waals surface area contributed by atoms with Crippen LogP contribution in [0.5, 0.6) is 0 Å². The zero-order valence-electron chi connectivity index (χ0n) is 8.33. The average Bonchev–Trinajstić information content (AvgIpc) is 2.44. The van der Waals surface area contributed by atoms with Crippen molar-refractivity contribution >= 4 is 10.9 Å². The fourth-order valence-corrected chi connectivity index (χ4v) is 1.91. The van der Waals surface area contributed by atoms with Gasteiger partial charge in [-0.25, -0.2) is 0 Å². The molecule has 0 atom stereocenters. The lowest BCUT2D eigenvalue weighted by molar-refractivity contribution is 0.795. The summed E-state index contributed by atoms with van der Waals surface area (Å²) in [6.07, 6.45) is 4.07. The van der Waals surface area contributed by atoms with Crippen LogP contribution in [0.1, 0.15) is 18.2 Å². The van der Waals surface area contributed by atoms with Gasteiger partial charge < -0.3 is 4.57 Å². The minimum absolute atomic E-state index is 1.02. The van der Waals surface area contributed by atoms with Gasteiger partial charge in [0.15, 0.2) is 0 Å². The van der Waals surface area contributed by atoms with Crippen LogP contribution < -0.4 is 0 Å². The number of hydrogen-bond acceptors (Lipinski definition) is 1. The van der Waals surface area contributed by atoms with Crippen molar-refractivity contribution in [2.75, 3.05) is 0 Å². The van der Waals surface area contributed by atoms with Gasteiger partial charge in [0.25, 0.3) is 0 Å². The molecule has 0 saturated heterocycles. The summed E-state index contributed by atoms with van der Waals surface area (Å²) in [5.74, 6) is 0. The van der Waals surface area contributed by atoms with Crippen LogP contribution in [0, 0.1) is 13.8 Å². The van der Waals surface area contributed by atoms with Crippen molar-refractivity contribution in [2.24, 2.45) is 0 Å². The standard InChI is InChI=1S/C11H14N2/c1-4-13-7-8(2)11-9(3)12-6-5-10(11)13/h5-7H,4H2,1-3H3. The van der Waals surface area contributed by atoms with Crippen LogP contribution in [0.25, 0.3) is 10.9 Å². The Labute approximate surface area is 78.2 Å². The first-order valence-electron chi connectivity index (χ1n) is 4.65. The highest BCUT2D eigenvalue weighted by atomic mass is 15.0. The zero-order valence-corrected chi connectivity index (χ0v) is 8.33. The van der Waals surface area contributed by atoms with E-state index in [1.165, 1.54) is 16.5 Å². The fourth-order valence-electron chi connectivity index (χ4n) is 1.91. The van der Waals surface area contributed by atoms with Crippen LogP contribution in [0.15, 0.2) is 18.5 Å². The van der Waals surface area contributed by atoms with Gasteiger partial charge in [-0.3, -0.25) is 4.98 Å². The van der Waals surface area contributed by atoms with E-state index < -0.39 is 0 Å². The molecule has 2 heterocycles. The van der Waals surface area contributed by atoms with Crippen molar-refractivity contribution in [2.45, 2.75) is 27.3 Å². The summed E-state index contributed by atoms with van der Waals surface area (Å²) in [6.45, 7) is 7.39. The number of nitrogens with zero attached hydrogens (tertiary/aromatic N) is 2. The second-order valence-electron chi connectivity index (χ2n) is 3.39. The number of pyridine rings is 1. The van der Waals surface area contributed by atoms with Crippen molar-refractivity contribution in [1.82, 2.24) is 9.55 Å². The summed E-state index contributed by atoms with van der Waals surface area (Å²) in [4.78, 5) is 4.30. The van der Waals surface area contributed by atoms with Crippen LogP contribution in [-0.4, -0.2) is 9.55 Å². The minimum Gasteiger partial charge on any atom is -0.347 e. The maximum atomic E-state index is 4.30. The molecule has 2 aromatic rings. The van der Waals surface area contributed by atoms with Crippen LogP contribution in [-0.2, 0) is 6.54 Å². The summed E-state index contributed by atoms with van der Waals surface area (Å²) >= 11 is 0. The van der Waals surface area contributed by atoms with Crippen molar-refractivity contribution in [3.8, 4) is 0 Å². The van der Waals surface area contributed by atoms with Crippen LogP contribution in [0.4, 0.5) is 0 Å². The molecule has 68 valence electrons. The fraction of sp³-hybridized carbons (Fsp3) is 0.364. The summed E-state index contributed by atoms with van der Waals surface area (Å²) in [6, 6.07) is 2.08. The van der Waals surface area contributed by atoms with E-state index in [1.54, 1.807) is 0 Å². The van der Waals surface area contributed by atoms with Crippen molar-refractivity contribution in [3.63, 3.8) is 0 Å². The number of hydrogen-bond donors (Lipinski definition) is 0. The number of aryl methyl sites for hydroxylation is 3. The molecule has 13 heavy (non-hydrogen) atoms. The SMILES string of the molecule is CCn1cc(C)c2c(C)nccc21. The van der Waals surface area contributed by atoms with Crippen molar-refractivity contribution in [3.05, 3.63) is 29.7 Å². The maximum absolute atomic E-state index is 4.30. The topological polar surface area (TPSA) is 17.8 Å². The summed E-state index contributed by atoms with van der Waals surface area (Å²) in [5.41, 5.74) is 3.75. The molecule has 2 aromatic heterocycles. The predicted octanol–water partition coefficient (Wildman–Crippen LogP) is 2.67. The lowest BCUT2D eigenvalue weighted by Gasteiger charge is -2.00. The molecule has 2 nitrogen and oxygen atoms in total. The molecule has 0 aliphatic heterocycles. The first-order chi connectivity index (χ1) is 6.24. The van der Waals surface area contributed by atoms with Gasteiger partial charge in [0.05, 0.1) is 5.52 Å². The first-order valence-corrected chi connectivity index (χ1v) is 4.65. The second kappa shape index (κ2) is 2.87. The molecule has 0 amide bonds. The Balaban J connectivity index is 2.87. The second-order valence-corrected chi connectivity index (χ2v) is 3.39. The van der Waals surface area contributed by atoms with E-state index in [4.69, 9.17) is 0 Å². The minimum atomic E-state index is 1.02. The number of aromatic nitrogens is 2.